The van der Waals surface area contributed by atoms with Crippen molar-refractivity contribution in [3.8, 4) is 11.4 Å². The third-order valence-corrected chi connectivity index (χ3v) is 5.67. The summed E-state index contributed by atoms with van der Waals surface area (Å²) in [6.07, 6.45) is 1.90. The molecule has 1 aliphatic rings. The lowest BCUT2D eigenvalue weighted by Crippen LogP contribution is -2.44. The molecule has 176 valence electrons. The Balaban J connectivity index is 1.31. The maximum absolute atomic E-state index is 12.7. The van der Waals surface area contributed by atoms with E-state index in [1.54, 1.807) is 17.0 Å². The van der Waals surface area contributed by atoms with Crippen molar-refractivity contribution in [2.45, 2.75) is 32.1 Å². The van der Waals surface area contributed by atoms with Crippen molar-refractivity contribution in [1.82, 2.24) is 20.4 Å². The van der Waals surface area contributed by atoms with Gasteiger partial charge in [0.05, 0.1) is 18.9 Å². The van der Waals surface area contributed by atoms with Crippen molar-refractivity contribution >= 4 is 23.4 Å². The largest absolute Gasteiger partial charge is 0.347 e. The number of likely N-dealkylation sites (tertiary alicyclic amines) is 1. The molecule has 0 spiro atoms. The molecular formula is C25H27N5O4. The predicted molar refractivity (Wildman–Crippen MR) is 126 cm³/mol. The van der Waals surface area contributed by atoms with Crippen LogP contribution >= 0.6 is 0 Å². The molecule has 9 nitrogen and oxygen atoms in total. The molecule has 2 N–H and O–H groups in total. The van der Waals surface area contributed by atoms with Gasteiger partial charge in [-0.25, -0.2) is 0 Å². The van der Waals surface area contributed by atoms with E-state index in [2.05, 4.69) is 20.8 Å². The molecular weight excluding hydrogens is 434 g/mol. The number of rotatable bonds is 7. The van der Waals surface area contributed by atoms with Crippen LogP contribution in [0.1, 0.15) is 37.1 Å². The molecule has 34 heavy (non-hydrogen) atoms. The van der Waals surface area contributed by atoms with Gasteiger partial charge < -0.3 is 20.1 Å². The van der Waals surface area contributed by atoms with E-state index in [0.717, 1.165) is 24.0 Å². The average molecular weight is 462 g/mol. The van der Waals surface area contributed by atoms with Gasteiger partial charge in [-0.2, -0.15) is 4.98 Å². The minimum Gasteiger partial charge on any atom is -0.347 e. The van der Waals surface area contributed by atoms with Gasteiger partial charge in [0, 0.05) is 31.3 Å². The topological polar surface area (TPSA) is 117 Å². The molecule has 9 heteroatoms. The van der Waals surface area contributed by atoms with Gasteiger partial charge in [0.15, 0.2) is 0 Å². The van der Waals surface area contributed by atoms with Gasteiger partial charge in [-0.3, -0.25) is 14.4 Å². The molecule has 3 aromatic rings. The summed E-state index contributed by atoms with van der Waals surface area (Å²) in [7, 11) is 0. The van der Waals surface area contributed by atoms with Gasteiger partial charge in [0.1, 0.15) is 0 Å². The summed E-state index contributed by atoms with van der Waals surface area (Å²) >= 11 is 0. The standard InChI is InChI=1S/C25H27N5O4/c1-17(31)27-21-11-9-19(10-12-21)24-28-25(34-29-24)20-8-5-13-30(16-20)23(33)15-26-22(32)14-18-6-3-2-4-7-18/h2-4,6-7,9-12,20H,5,8,13-16H2,1H3,(H,26,32)(H,27,31)/t20-/m1/s1. The lowest BCUT2D eigenvalue weighted by molar-refractivity contribution is -0.133. The third-order valence-electron chi connectivity index (χ3n) is 5.67. The quantitative estimate of drug-likeness (QED) is 0.559. The van der Waals surface area contributed by atoms with E-state index in [-0.39, 0.29) is 36.6 Å². The predicted octanol–water partition coefficient (Wildman–Crippen LogP) is 2.76. The summed E-state index contributed by atoms with van der Waals surface area (Å²) in [6.45, 7) is 2.52. The summed E-state index contributed by atoms with van der Waals surface area (Å²) < 4.78 is 5.51. The van der Waals surface area contributed by atoms with E-state index in [0.29, 0.717) is 30.5 Å². The van der Waals surface area contributed by atoms with E-state index >= 15 is 0 Å². The SMILES string of the molecule is CC(=O)Nc1ccc(-c2noc([C@@H]3CCCN(C(=O)CNC(=O)Cc4ccccc4)C3)n2)cc1. The number of carbonyl (C=O) groups excluding carboxylic acids is 3. The zero-order valence-electron chi connectivity index (χ0n) is 19.0. The van der Waals surface area contributed by atoms with Gasteiger partial charge in [0.25, 0.3) is 0 Å². The Morgan fingerprint density at radius 3 is 2.59 bits per heavy atom. The molecule has 2 aromatic carbocycles. The fourth-order valence-corrected chi connectivity index (χ4v) is 3.96. The summed E-state index contributed by atoms with van der Waals surface area (Å²) in [5.41, 5.74) is 2.37. The van der Waals surface area contributed by atoms with E-state index < -0.39 is 0 Å². The Morgan fingerprint density at radius 2 is 1.85 bits per heavy atom. The first-order valence-corrected chi connectivity index (χ1v) is 11.3. The van der Waals surface area contributed by atoms with Crippen molar-refractivity contribution in [1.29, 1.82) is 0 Å². The highest BCUT2D eigenvalue weighted by molar-refractivity contribution is 5.89. The van der Waals surface area contributed by atoms with Gasteiger partial charge >= 0.3 is 0 Å². The highest BCUT2D eigenvalue weighted by Crippen LogP contribution is 2.28. The average Bonchev–Trinajstić information content (AvgIpc) is 3.34. The fraction of sp³-hybridized carbons (Fsp3) is 0.320. The number of carbonyl (C=O) groups is 3. The van der Waals surface area contributed by atoms with Crippen molar-refractivity contribution in [2.24, 2.45) is 0 Å². The van der Waals surface area contributed by atoms with Crippen LogP contribution in [-0.2, 0) is 20.8 Å². The molecule has 0 aliphatic carbocycles. The first-order valence-electron chi connectivity index (χ1n) is 11.3. The molecule has 1 aliphatic heterocycles. The smallest absolute Gasteiger partial charge is 0.241 e. The van der Waals surface area contributed by atoms with Crippen LogP contribution in [0, 0.1) is 0 Å². The molecule has 1 fully saturated rings. The van der Waals surface area contributed by atoms with Crippen LogP contribution in [0.5, 0.6) is 0 Å². The summed E-state index contributed by atoms with van der Waals surface area (Å²) in [5, 5.41) is 9.52. The number of hydrogen-bond acceptors (Lipinski definition) is 6. The highest BCUT2D eigenvalue weighted by Gasteiger charge is 2.28. The zero-order chi connectivity index (χ0) is 23.9. The van der Waals surface area contributed by atoms with Crippen LogP contribution in [0.25, 0.3) is 11.4 Å². The number of nitrogens with one attached hydrogen (secondary N) is 2. The zero-order valence-corrected chi connectivity index (χ0v) is 19.0. The monoisotopic (exact) mass is 461 g/mol. The molecule has 0 saturated carbocycles. The first-order chi connectivity index (χ1) is 16.5. The van der Waals surface area contributed by atoms with Crippen molar-refractivity contribution < 1.29 is 18.9 Å². The molecule has 0 radical (unpaired) electrons. The molecule has 1 aromatic heterocycles. The number of nitrogens with zero attached hydrogens (tertiary/aromatic N) is 3. The maximum atomic E-state index is 12.7. The lowest BCUT2D eigenvalue weighted by atomic mass is 9.98. The van der Waals surface area contributed by atoms with Crippen molar-refractivity contribution in [3.05, 3.63) is 66.1 Å². The number of aromatic nitrogens is 2. The maximum Gasteiger partial charge on any atom is 0.241 e. The van der Waals surface area contributed by atoms with E-state index in [4.69, 9.17) is 4.52 Å². The van der Waals surface area contributed by atoms with Gasteiger partial charge in [-0.05, 0) is 42.7 Å². The number of amides is 3. The van der Waals surface area contributed by atoms with Crippen LogP contribution in [0.2, 0.25) is 0 Å². The van der Waals surface area contributed by atoms with Gasteiger partial charge in [-0.15, -0.1) is 0 Å². The first kappa shape index (κ1) is 23.2. The van der Waals surface area contributed by atoms with Crippen LogP contribution in [-0.4, -0.2) is 52.4 Å². The van der Waals surface area contributed by atoms with E-state index in [1.165, 1.54) is 6.92 Å². The lowest BCUT2D eigenvalue weighted by Gasteiger charge is -2.31. The second-order valence-corrected chi connectivity index (χ2v) is 8.33. The highest BCUT2D eigenvalue weighted by atomic mass is 16.5. The molecule has 2 heterocycles. The Labute approximate surface area is 197 Å². The molecule has 0 unspecified atom stereocenters. The third kappa shape index (κ3) is 6.06. The normalized spacial score (nSPS) is 15.6. The van der Waals surface area contributed by atoms with Crippen LogP contribution in [0.4, 0.5) is 5.69 Å². The summed E-state index contributed by atoms with van der Waals surface area (Å²) in [4.78, 5) is 42.3. The van der Waals surface area contributed by atoms with Crippen LogP contribution < -0.4 is 10.6 Å². The number of piperidine rings is 1. The second kappa shape index (κ2) is 10.7. The molecule has 3 amide bonds. The van der Waals surface area contributed by atoms with Crippen molar-refractivity contribution in [2.75, 3.05) is 25.0 Å². The van der Waals surface area contributed by atoms with Crippen LogP contribution in [0.3, 0.4) is 0 Å². The molecule has 1 atom stereocenters. The minimum absolute atomic E-state index is 0.0336. The molecule has 0 bridgehead atoms. The Morgan fingerprint density at radius 1 is 1.09 bits per heavy atom. The van der Waals surface area contributed by atoms with E-state index in [9.17, 15) is 14.4 Å². The number of anilines is 1. The summed E-state index contributed by atoms with van der Waals surface area (Å²) in [6, 6.07) is 16.6. The number of benzene rings is 2. The molecule has 4 rings (SSSR count). The Kier molecular flexibility index (Phi) is 7.31. The summed E-state index contributed by atoms with van der Waals surface area (Å²) in [5.74, 6) is 0.450. The van der Waals surface area contributed by atoms with Crippen molar-refractivity contribution in [3.63, 3.8) is 0 Å². The second-order valence-electron chi connectivity index (χ2n) is 8.33. The van der Waals surface area contributed by atoms with Crippen LogP contribution in [0.15, 0.2) is 59.1 Å². The van der Waals surface area contributed by atoms with Gasteiger partial charge in [0.2, 0.25) is 29.4 Å². The molecule has 1 saturated heterocycles. The fourth-order valence-electron chi connectivity index (χ4n) is 3.96. The van der Waals surface area contributed by atoms with Gasteiger partial charge in [-0.1, -0.05) is 35.5 Å². The Bertz CT molecular complexity index is 1140. The number of hydrogen-bond donors (Lipinski definition) is 2. The Hall–Kier alpha value is -4.01. The van der Waals surface area contributed by atoms with E-state index in [1.807, 2.05) is 42.5 Å². The minimum atomic E-state index is -0.181.